The summed E-state index contributed by atoms with van der Waals surface area (Å²) in [5.74, 6) is 0. The van der Waals surface area contributed by atoms with Gasteiger partial charge in [0.1, 0.15) is 0 Å². The summed E-state index contributed by atoms with van der Waals surface area (Å²) in [5.41, 5.74) is 4.98. The Hall–Kier alpha value is -1.36. The fourth-order valence-corrected chi connectivity index (χ4v) is 3.63. The molecule has 1 atom stereocenters. The molecule has 1 heterocycles. The van der Waals surface area contributed by atoms with E-state index in [2.05, 4.69) is 57.8 Å². The van der Waals surface area contributed by atoms with E-state index in [0.29, 0.717) is 6.54 Å². The summed E-state index contributed by atoms with van der Waals surface area (Å²) in [5, 5.41) is 10.5. The Morgan fingerprint density at radius 2 is 1.67 bits per heavy atom. The van der Waals surface area contributed by atoms with E-state index >= 15 is 0 Å². The zero-order valence-corrected chi connectivity index (χ0v) is 16.0. The first-order chi connectivity index (χ1) is 11.5. The van der Waals surface area contributed by atoms with Gasteiger partial charge in [0.05, 0.1) is 6.10 Å². The van der Waals surface area contributed by atoms with Crippen LogP contribution in [0.25, 0.3) is 0 Å². The Morgan fingerprint density at radius 1 is 1.00 bits per heavy atom. The lowest BCUT2D eigenvalue weighted by Crippen LogP contribution is -2.47. The molecule has 2 aromatic rings. The molecule has 0 aromatic heterocycles. The molecule has 3 rings (SSSR count). The van der Waals surface area contributed by atoms with E-state index in [4.69, 9.17) is 0 Å². The second-order valence-electron chi connectivity index (χ2n) is 6.64. The van der Waals surface area contributed by atoms with Gasteiger partial charge >= 0.3 is 0 Å². The van der Waals surface area contributed by atoms with Crippen molar-refractivity contribution in [3.63, 3.8) is 0 Å². The van der Waals surface area contributed by atoms with Crippen molar-refractivity contribution in [2.24, 2.45) is 0 Å². The molecule has 1 saturated heterocycles. The minimum atomic E-state index is -0.425. The first-order valence-corrected chi connectivity index (χ1v) is 9.30. The summed E-state index contributed by atoms with van der Waals surface area (Å²) >= 11 is 3.43. The van der Waals surface area contributed by atoms with E-state index in [0.717, 1.165) is 36.2 Å². The predicted molar refractivity (Wildman–Crippen MR) is 104 cm³/mol. The maximum Gasteiger partial charge on any atom is 0.0916 e. The fourth-order valence-electron chi connectivity index (χ4n) is 3.37. The average Bonchev–Trinajstić information content (AvgIpc) is 2.56. The van der Waals surface area contributed by atoms with E-state index < -0.39 is 6.10 Å². The van der Waals surface area contributed by atoms with Gasteiger partial charge in [0.2, 0.25) is 0 Å². The van der Waals surface area contributed by atoms with Gasteiger partial charge in [-0.15, -0.1) is 0 Å². The van der Waals surface area contributed by atoms with Crippen LogP contribution in [0.1, 0.15) is 22.8 Å². The van der Waals surface area contributed by atoms with E-state index in [9.17, 15) is 5.11 Å². The molecule has 0 bridgehead atoms. The number of hydrogen-bond acceptors (Lipinski definition) is 3. The van der Waals surface area contributed by atoms with Crippen molar-refractivity contribution >= 4 is 21.6 Å². The van der Waals surface area contributed by atoms with Gasteiger partial charge < -0.3 is 10.0 Å². The quantitative estimate of drug-likeness (QED) is 0.859. The van der Waals surface area contributed by atoms with E-state index in [-0.39, 0.29) is 0 Å². The Kier molecular flexibility index (Phi) is 5.59. The maximum atomic E-state index is 10.5. The topological polar surface area (TPSA) is 26.7 Å². The molecule has 4 heteroatoms. The zero-order chi connectivity index (χ0) is 17.1. The van der Waals surface area contributed by atoms with E-state index in [1.54, 1.807) is 0 Å². The molecule has 0 saturated carbocycles. The van der Waals surface area contributed by atoms with Crippen LogP contribution in [0.15, 0.2) is 46.9 Å². The van der Waals surface area contributed by atoms with Crippen LogP contribution >= 0.6 is 15.9 Å². The maximum absolute atomic E-state index is 10.5. The zero-order valence-electron chi connectivity index (χ0n) is 14.4. The lowest BCUT2D eigenvalue weighted by molar-refractivity contribution is 0.109. The number of hydrogen-bond donors (Lipinski definition) is 1. The molecule has 2 aromatic carbocycles. The van der Waals surface area contributed by atoms with Gasteiger partial charge in [0, 0.05) is 42.9 Å². The number of aliphatic hydroxyl groups excluding tert-OH is 1. The third kappa shape index (κ3) is 4.18. The highest BCUT2D eigenvalue weighted by Crippen LogP contribution is 2.23. The van der Waals surface area contributed by atoms with Gasteiger partial charge in [-0.3, -0.25) is 4.90 Å². The minimum Gasteiger partial charge on any atom is -0.387 e. The van der Waals surface area contributed by atoms with Crippen molar-refractivity contribution in [1.82, 2.24) is 4.90 Å². The summed E-state index contributed by atoms with van der Waals surface area (Å²) in [6.07, 6.45) is -0.425. The van der Waals surface area contributed by atoms with Gasteiger partial charge in [0.15, 0.2) is 0 Å². The minimum absolute atomic E-state index is 0.425. The van der Waals surface area contributed by atoms with Crippen molar-refractivity contribution < 1.29 is 5.11 Å². The van der Waals surface area contributed by atoms with Gasteiger partial charge in [-0.05, 0) is 43.2 Å². The van der Waals surface area contributed by atoms with Gasteiger partial charge in [0.25, 0.3) is 0 Å². The standard InChI is InChI=1S/C20H25BrN2O/c1-15-3-8-19(16(2)13-15)23-11-9-22(10-12-23)14-20(24)17-4-6-18(21)7-5-17/h3-8,13,20,24H,9-12,14H2,1-2H3. The van der Waals surface area contributed by atoms with Crippen molar-refractivity contribution in [3.8, 4) is 0 Å². The van der Waals surface area contributed by atoms with Crippen molar-refractivity contribution in [1.29, 1.82) is 0 Å². The highest BCUT2D eigenvalue weighted by Gasteiger charge is 2.21. The summed E-state index contributed by atoms with van der Waals surface area (Å²) in [6.45, 7) is 9.02. The molecule has 0 spiro atoms. The number of β-amino-alcohol motifs (C(OH)–C–C–N with tert-alkyl or cyclic N) is 1. The Labute approximate surface area is 153 Å². The van der Waals surface area contributed by atoms with Crippen LogP contribution in [0.4, 0.5) is 5.69 Å². The number of rotatable bonds is 4. The van der Waals surface area contributed by atoms with Crippen molar-refractivity contribution in [2.75, 3.05) is 37.6 Å². The molecule has 1 unspecified atom stereocenters. The molecule has 24 heavy (non-hydrogen) atoms. The first-order valence-electron chi connectivity index (χ1n) is 8.51. The van der Waals surface area contributed by atoms with Gasteiger partial charge in [-0.2, -0.15) is 0 Å². The van der Waals surface area contributed by atoms with Crippen LogP contribution in [0, 0.1) is 13.8 Å². The molecule has 0 radical (unpaired) electrons. The highest BCUT2D eigenvalue weighted by atomic mass is 79.9. The molecular formula is C20H25BrN2O. The van der Waals surface area contributed by atoms with Crippen LogP contribution in [0.2, 0.25) is 0 Å². The Morgan fingerprint density at radius 3 is 2.29 bits per heavy atom. The average molecular weight is 389 g/mol. The predicted octanol–water partition coefficient (Wildman–Crippen LogP) is 3.92. The van der Waals surface area contributed by atoms with Gasteiger partial charge in [-0.1, -0.05) is 45.8 Å². The number of halogens is 1. The molecule has 1 aliphatic heterocycles. The largest absolute Gasteiger partial charge is 0.387 e. The number of aryl methyl sites for hydroxylation is 2. The highest BCUT2D eigenvalue weighted by molar-refractivity contribution is 9.10. The second kappa shape index (κ2) is 7.68. The summed E-state index contributed by atoms with van der Waals surface area (Å²) in [6, 6.07) is 14.6. The Bertz CT molecular complexity index is 679. The van der Waals surface area contributed by atoms with Crippen molar-refractivity contribution in [2.45, 2.75) is 20.0 Å². The number of nitrogens with zero attached hydrogens (tertiary/aromatic N) is 2. The number of aliphatic hydroxyl groups is 1. The van der Waals surface area contributed by atoms with Crippen LogP contribution in [-0.4, -0.2) is 42.7 Å². The molecule has 3 nitrogen and oxygen atoms in total. The lowest BCUT2D eigenvalue weighted by atomic mass is 10.1. The first kappa shape index (κ1) is 17.5. The molecule has 128 valence electrons. The third-order valence-electron chi connectivity index (χ3n) is 4.75. The van der Waals surface area contributed by atoms with Crippen LogP contribution < -0.4 is 4.90 Å². The smallest absolute Gasteiger partial charge is 0.0916 e. The van der Waals surface area contributed by atoms with Crippen LogP contribution in [-0.2, 0) is 0 Å². The number of benzene rings is 2. The summed E-state index contributed by atoms with van der Waals surface area (Å²) in [7, 11) is 0. The number of anilines is 1. The Balaban J connectivity index is 1.56. The van der Waals surface area contributed by atoms with Gasteiger partial charge in [-0.25, -0.2) is 0 Å². The number of piperazine rings is 1. The molecule has 1 N–H and O–H groups in total. The SMILES string of the molecule is Cc1ccc(N2CCN(CC(O)c3ccc(Br)cc3)CC2)c(C)c1. The third-order valence-corrected chi connectivity index (χ3v) is 5.28. The summed E-state index contributed by atoms with van der Waals surface area (Å²) < 4.78 is 1.04. The monoisotopic (exact) mass is 388 g/mol. The van der Waals surface area contributed by atoms with Crippen molar-refractivity contribution in [3.05, 3.63) is 63.6 Å². The van der Waals surface area contributed by atoms with E-state index in [1.165, 1.54) is 16.8 Å². The van der Waals surface area contributed by atoms with E-state index in [1.807, 2.05) is 24.3 Å². The molecule has 0 aliphatic carbocycles. The van der Waals surface area contributed by atoms with Crippen LogP contribution in [0.5, 0.6) is 0 Å². The van der Waals surface area contributed by atoms with Crippen LogP contribution in [0.3, 0.4) is 0 Å². The molecule has 1 fully saturated rings. The molecule has 1 aliphatic rings. The summed E-state index contributed by atoms with van der Waals surface area (Å²) in [4.78, 5) is 4.81. The normalized spacial score (nSPS) is 17.1. The molecule has 0 amide bonds. The second-order valence-corrected chi connectivity index (χ2v) is 7.56. The lowest BCUT2D eigenvalue weighted by Gasteiger charge is -2.37. The fraction of sp³-hybridized carbons (Fsp3) is 0.400. The molecular weight excluding hydrogens is 364 g/mol.